The fourth-order valence-electron chi connectivity index (χ4n) is 4.23. The van der Waals surface area contributed by atoms with Crippen molar-refractivity contribution in [1.82, 2.24) is 4.90 Å². The van der Waals surface area contributed by atoms with E-state index in [4.69, 9.17) is 0 Å². The number of nitriles is 1. The minimum atomic E-state index is 0.0208. The molecule has 26 heavy (non-hydrogen) atoms. The van der Waals surface area contributed by atoms with E-state index in [2.05, 4.69) is 37.1 Å². The lowest BCUT2D eigenvalue weighted by atomic mass is 9.69. The number of carbonyl (C=O) groups excluding carboxylic acids is 1. The lowest BCUT2D eigenvalue weighted by Gasteiger charge is -2.36. The van der Waals surface area contributed by atoms with Crippen LogP contribution in [-0.2, 0) is 17.6 Å². The summed E-state index contributed by atoms with van der Waals surface area (Å²) in [7, 11) is 0. The van der Waals surface area contributed by atoms with Gasteiger partial charge in [0.1, 0.15) is 11.1 Å². The first-order valence-corrected chi connectivity index (χ1v) is 10.8. The molecule has 1 aliphatic heterocycles. The molecule has 0 spiro atoms. The van der Waals surface area contributed by atoms with Gasteiger partial charge in [-0.25, -0.2) is 0 Å². The van der Waals surface area contributed by atoms with E-state index in [1.54, 1.807) is 11.3 Å². The molecule has 3 rings (SSSR count). The predicted octanol–water partition coefficient (Wildman–Crippen LogP) is 4.59. The molecule has 1 saturated heterocycles. The highest BCUT2D eigenvalue weighted by molar-refractivity contribution is 7.16. The van der Waals surface area contributed by atoms with Crippen LogP contribution in [0.4, 0.5) is 5.00 Å². The van der Waals surface area contributed by atoms with Gasteiger partial charge in [-0.2, -0.15) is 5.26 Å². The average molecular weight is 374 g/mol. The van der Waals surface area contributed by atoms with E-state index in [1.165, 1.54) is 36.1 Å². The molecule has 0 saturated carbocycles. The molecule has 142 valence electrons. The Morgan fingerprint density at radius 2 is 2.08 bits per heavy atom. The van der Waals surface area contributed by atoms with Gasteiger partial charge < -0.3 is 5.32 Å². The Balaban J connectivity index is 1.71. The fourth-order valence-corrected chi connectivity index (χ4v) is 5.53. The maximum absolute atomic E-state index is 12.5. The predicted molar refractivity (Wildman–Crippen MR) is 108 cm³/mol. The normalized spacial score (nSPS) is 21.1. The Bertz CT molecular complexity index is 695. The summed E-state index contributed by atoms with van der Waals surface area (Å²) >= 11 is 1.63. The third-order valence-corrected chi connectivity index (χ3v) is 7.63. The quantitative estimate of drug-likeness (QED) is 0.821. The Hall–Kier alpha value is -1.38. The van der Waals surface area contributed by atoms with Crippen LogP contribution in [0.2, 0.25) is 0 Å². The molecule has 1 aromatic rings. The number of fused-ring (bicyclic) bond motifs is 1. The molecule has 1 amide bonds. The molecule has 1 aliphatic carbocycles. The number of likely N-dealkylation sites (tertiary alicyclic amines) is 1. The van der Waals surface area contributed by atoms with Crippen molar-refractivity contribution in [3.63, 3.8) is 0 Å². The van der Waals surface area contributed by atoms with Crippen LogP contribution in [0.5, 0.6) is 0 Å². The molecule has 0 radical (unpaired) electrons. The van der Waals surface area contributed by atoms with Crippen molar-refractivity contribution in [2.24, 2.45) is 11.3 Å². The first kappa shape index (κ1) is 19.4. The first-order chi connectivity index (χ1) is 12.4. The molecule has 0 aromatic carbocycles. The lowest BCUT2D eigenvalue weighted by molar-refractivity contribution is -0.117. The summed E-state index contributed by atoms with van der Waals surface area (Å²) in [5.74, 6) is 0.675. The van der Waals surface area contributed by atoms with Crippen molar-refractivity contribution >= 4 is 22.2 Å². The van der Waals surface area contributed by atoms with Crippen molar-refractivity contribution < 1.29 is 4.79 Å². The van der Waals surface area contributed by atoms with Crippen LogP contribution in [-0.4, -0.2) is 30.4 Å². The van der Waals surface area contributed by atoms with E-state index in [-0.39, 0.29) is 5.91 Å². The summed E-state index contributed by atoms with van der Waals surface area (Å²) in [6.45, 7) is 9.42. The van der Waals surface area contributed by atoms with E-state index in [9.17, 15) is 10.1 Å². The lowest BCUT2D eigenvalue weighted by Crippen LogP contribution is -2.36. The third-order valence-electron chi connectivity index (χ3n) is 6.46. The summed E-state index contributed by atoms with van der Waals surface area (Å²) in [6.07, 6.45) is 7.94. The van der Waals surface area contributed by atoms with E-state index < -0.39 is 0 Å². The van der Waals surface area contributed by atoms with E-state index in [1.807, 2.05) is 0 Å². The Morgan fingerprint density at radius 1 is 1.35 bits per heavy atom. The van der Waals surface area contributed by atoms with Gasteiger partial charge in [0.25, 0.3) is 0 Å². The molecule has 1 atom stereocenters. The largest absolute Gasteiger partial charge is 0.315 e. The monoisotopic (exact) mass is 373 g/mol. The minimum Gasteiger partial charge on any atom is -0.315 e. The van der Waals surface area contributed by atoms with Gasteiger partial charge in [-0.1, -0.05) is 33.6 Å². The zero-order chi connectivity index (χ0) is 18.7. The third kappa shape index (κ3) is 4.13. The molecule has 0 bridgehead atoms. The highest BCUT2D eigenvalue weighted by atomic mass is 32.1. The smallest absolute Gasteiger partial charge is 0.239 e. The van der Waals surface area contributed by atoms with Crippen LogP contribution in [0.15, 0.2) is 0 Å². The first-order valence-electron chi connectivity index (χ1n) is 10.0. The molecular formula is C21H31N3OS. The molecule has 2 heterocycles. The summed E-state index contributed by atoms with van der Waals surface area (Å²) in [4.78, 5) is 16.0. The van der Waals surface area contributed by atoms with Crippen LogP contribution in [0.3, 0.4) is 0 Å². The van der Waals surface area contributed by atoms with Gasteiger partial charge in [0, 0.05) is 4.88 Å². The SMILES string of the molecule is CCC(C)(C)[C@@H]1CCc2c(sc(NC(=O)CN3CCCCC3)c2C#N)C1. The van der Waals surface area contributed by atoms with Crippen LogP contribution in [0.1, 0.15) is 68.9 Å². The molecule has 1 fully saturated rings. The maximum Gasteiger partial charge on any atom is 0.239 e. The van der Waals surface area contributed by atoms with Gasteiger partial charge in [-0.3, -0.25) is 9.69 Å². The van der Waals surface area contributed by atoms with Crippen molar-refractivity contribution in [2.45, 2.75) is 65.7 Å². The number of anilines is 1. The second kappa shape index (κ2) is 8.10. The number of carbonyl (C=O) groups is 1. The topological polar surface area (TPSA) is 56.1 Å². The summed E-state index contributed by atoms with van der Waals surface area (Å²) in [6, 6.07) is 2.36. The number of piperidine rings is 1. The van der Waals surface area contributed by atoms with Crippen molar-refractivity contribution in [2.75, 3.05) is 25.0 Å². The highest BCUT2D eigenvalue weighted by Gasteiger charge is 2.34. The van der Waals surface area contributed by atoms with Crippen LogP contribution in [0.25, 0.3) is 0 Å². The van der Waals surface area contributed by atoms with Gasteiger partial charge in [-0.15, -0.1) is 11.3 Å². The summed E-state index contributed by atoms with van der Waals surface area (Å²) in [5, 5.41) is 13.5. The Labute approximate surface area is 161 Å². The average Bonchev–Trinajstić information content (AvgIpc) is 2.98. The standard InChI is InChI=1S/C21H31N3OS/c1-4-21(2,3)15-8-9-16-17(13-22)20(26-18(16)12-15)23-19(25)14-24-10-6-5-7-11-24/h15H,4-12,14H2,1-3H3,(H,23,25)/t15-/m1/s1. The number of nitrogens with zero attached hydrogens (tertiary/aromatic N) is 2. The van der Waals surface area contributed by atoms with Gasteiger partial charge in [0.15, 0.2) is 0 Å². The van der Waals surface area contributed by atoms with Crippen LogP contribution >= 0.6 is 11.3 Å². The van der Waals surface area contributed by atoms with E-state index in [0.29, 0.717) is 23.4 Å². The van der Waals surface area contributed by atoms with Gasteiger partial charge in [-0.05, 0) is 62.1 Å². The molecule has 0 unspecified atom stereocenters. The number of hydrogen-bond acceptors (Lipinski definition) is 4. The second-order valence-electron chi connectivity index (χ2n) is 8.49. The fraction of sp³-hybridized carbons (Fsp3) is 0.714. The number of amides is 1. The molecule has 4 nitrogen and oxygen atoms in total. The number of hydrogen-bond donors (Lipinski definition) is 1. The molecule has 5 heteroatoms. The summed E-state index contributed by atoms with van der Waals surface area (Å²) < 4.78 is 0. The van der Waals surface area contributed by atoms with Crippen LogP contribution in [0, 0.1) is 22.7 Å². The Morgan fingerprint density at radius 3 is 2.73 bits per heavy atom. The highest BCUT2D eigenvalue weighted by Crippen LogP contribution is 2.45. The maximum atomic E-state index is 12.5. The summed E-state index contributed by atoms with van der Waals surface area (Å²) in [5.41, 5.74) is 2.23. The van der Waals surface area contributed by atoms with Crippen molar-refractivity contribution in [3.8, 4) is 6.07 Å². The minimum absolute atomic E-state index is 0.0208. The zero-order valence-corrected chi connectivity index (χ0v) is 17.2. The van der Waals surface area contributed by atoms with Crippen LogP contribution < -0.4 is 5.32 Å². The van der Waals surface area contributed by atoms with Gasteiger partial charge in [0.2, 0.25) is 5.91 Å². The number of rotatable bonds is 5. The van der Waals surface area contributed by atoms with Gasteiger partial charge in [0.05, 0.1) is 12.1 Å². The molecule has 1 N–H and O–H groups in total. The molecule has 1 aromatic heterocycles. The zero-order valence-electron chi connectivity index (χ0n) is 16.4. The molecular weight excluding hydrogens is 342 g/mol. The second-order valence-corrected chi connectivity index (χ2v) is 9.59. The van der Waals surface area contributed by atoms with E-state index >= 15 is 0 Å². The van der Waals surface area contributed by atoms with Crippen molar-refractivity contribution in [3.05, 3.63) is 16.0 Å². The number of nitrogens with one attached hydrogen (secondary N) is 1. The molecule has 2 aliphatic rings. The van der Waals surface area contributed by atoms with E-state index in [0.717, 1.165) is 37.4 Å². The van der Waals surface area contributed by atoms with Gasteiger partial charge >= 0.3 is 0 Å². The van der Waals surface area contributed by atoms with Crippen molar-refractivity contribution in [1.29, 1.82) is 5.26 Å². The Kier molecular flexibility index (Phi) is 6.04. The number of thiophene rings is 1.